The van der Waals surface area contributed by atoms with Crippen LogP contribution in [0.5, 0.6) is 5.75 Å². The molecule has 146 valence electrons. The topological polar surface area (TPSA) is 84.1 Å². The van der Waals surface area contributed by atoms with Crippen molar-refractivity contribution in [2.45, 2.75) is 44.6 Å². The first-order valence-corrected chi connectivity index (χ1v) is 10.3. The Morgan fingerprint density at radius 3 is 2.57 bits per heavy atom. The molecule has 0 bridgehead atoms. The molecule has 5 heteroatoms. The third-order valence-electron chi connectivity index (χ3n) is 5.64. The van der Waals surface area contributed by atoms with Gasteiger partial charge in [0.25, 0.3) is 0 Å². The van der Waals surface area contributed by atoms with Gasteiger partial charge in [-0.2, -0.15) is 0 Å². The van der Waals surface area contributed by atoms with E-state index in [1.54, 1.807) is 12.1 Å². The summed E-state index contributed by atoms with van der Waals surface area (Å²) in [6.07, 6.45) is 7.72. The van der Waals surface area contributed by atoms with Crippen LogP contribution in [0.2, 0.25) is 0 Å². The number of benzene rings is 2. The van der Waals surface area contributed by atoms with Crippen molar-refractivity contribution < 1.29 is 5.11 Å². The SMILES string of the molecule is NC(CNc1nc(-c2ccccc2O)nc2ccccc12)CC1CCCCC1. The number of phenols is 1. The highest BCUT2D eigenvalue weighted by molar-refractivity contribution is 5.90. The number of rotatable bonds is 6. The summed E-state index contributed by atoms with van der Waals surface area (Å²) in [7, 11) is 0. The first kappa shape index (κ1) is 18.7. The molecule has 1 heterocycles. The Morgan fingerprint density at radius 1 is 1.00 bits per heavy atom. The fourth-order valence-corrected chi connectivity index (χ4v) is 4.16. The molecular formula is C23H28N4O. The van der Waals surface area contributed by atoms with Gasteiger partial charge in [-0.05, 0) is 36.6 Å². The highest BCUT2D eigenvalue weighted by Gasteiger charge is 2.17. The highest BCUT2D eigenvalue weighted by Crippen LogP contribution is 2.30. The third-order valence-corrected chi connectivity index (χ3v) is 5.64. The van der Waals surface area contributed by atoms with Crippen LogP contribution in [0.25, 0.3) is 22.3 Å². The summed E-state index contributed by atoms with van der Waals surface area (Å²) >= 11 is 0. The number of nitrogens with two attached hydrogens (primary N) is 1. The summed E-state index contributed by atoms with van der Waals surface area (Å²) in [6.45, 7) is 0.678. The summed E-state index contributed by atoms with van der Waals surface area (Å²) in [4.78, 5) is 9.36. The van der Waals surface area contributed by atoms with Crippen molar-refractivity contribution in [3.8, 4) is 17.1 Å². The number of aromatic hydroxyl groups is 1. The van der Waals surface area contributed by atoms with Gasteiger partial charge in [0.15, 0.2) is 5.82 Å². The van der Waals surface area contributed by atoms with Crippen LogP contribution < -0.4 is 11.1 Å². The first-order chi connectivity index (χ1) is 13.7. The normalized spacial score (nSPS) is 16.2. The van der Waals surface area contributed by atoms with E-state index in [1.807, 2.05) is 36.4 Å². The van der Waals surface area contributed by atoms with Gasteiger partial charge < -0.3 is 16.2 Å². The van der Waals surface area contributed by atoms with Crippen molar-refractivity contribution in [2.75, 3.05) is 11.9 Å². The van der Waals surface area contributed by atoms with E-state index in [1.165, 1.54) is 32.1 Å². The Balaban J connectivity index is 1.56. The Labute approximate surface area is 166 Å². The van der Waals surface area contributed by atoms with Crippen LogP contribution in [0.4, 0.5) is 5.82 Å². The van der Waals surface area contributed by atoms with Crippen molar-refractivity contribution in [1.29, 1.82) is 0 Å². The van der Waals surface area contributed by atoms with E-state index in [2.05, 4.69) is 10.3 Å². The van der Waals surface area contributed by atoms with Crippen molar-refractivity contribution in [3.63, 3.8) is 0 Å². The molecule has 1 saturated carbocycles. The largest absolute Gasteiger partial charge is 0.507 e. The van der Waals surface area contributed by atoms with Crippen LogP contribution in [0, 0.1) is 5.92 Å². The molecule has 4 rings (SSSR count). The molecule has 4 N–H and O–H groups in total. The summed E-state index contributed by atoms with van der Waals surface area (Å²) in [5, 5.41) is 14.6. The first-order valence-electron chi connectivity index (χ1n) is 10.3. The van der Waals surface area contributed by atoms with Crippen LogP contribution in [0.1, 0.15) is 38.5 Å². The Kier molecular flexibility index (Phi) is 5.72. The summed E-state index contributed by atoms with van der Waals surface area (Å²) in [5.74, 6) is 2.21. The molecule has 1 fully saturated rings. The number of nitrogens with zero attached hydrogens (tertiary/aromatic N) is 2. The fourth-order valence-electron chi connectivity index (χ4n) is 4.16. The number of fused-ring (bicyclic) bond motifs is 1. The molecule has 5 nitrogen and oxygen atoms in total. The van der Waals surface area contributed by atoms with Crippen molar-refractivity contribution in [3.05, 3.63) is 48.5 Å². The Morgan fingerprint density at radius 2 is 1.75 bits per heavy atom. The number of phenolic OH excluding ortho intramolecular Hbond substituents is 1. The average Bonchev–Trinajstić information content (AvgIpc) is 2.73. The number of hydrogen-bond donors (Lipinski definition) is 3. The zero-order chi connectivity index (χ0) is 19.3. The lowest BCUT2D eigenvalue weighted by molar-refractivity contribution is 0.320. The van der Waals surface area contributed by atoms with E-state index in [0.717, 1.165) is 29.1 Å². The number of hydrogen-bond acceptors (Lipinski definition) is 5. The molecular weight excluding hydrogens is 348 g/mol. The van der Waals surface area contributed by atoms with Crippen molar-refractivity contribution >= 4 is 16.7 Å². The lowest BCUT2D eigenvalue weighted by Gasteiger charge is -2.25. The van der Waals surface area contributed by atoms with Gasteiger partial charge in [0.1, 0.15) is 11.6 Å². The van der Waals surface area contributed by atoms with Crippen molar-refractivity contribution in [2.24, 2.45) is 11.7 Å². The summed E-state index contributed by atoms with van der Waals surface area (Å²) in [5.41, 5.74) is 7.90. The molecule has 1 atom stereocenters. The average molecular weight is 377 g/mol. The molecule has 2 aromatic carbocycles. The minimum absolute atomic E-state index is 0.102. The molecule has 28 heavy (non-hydrogen) atoms. The molecule has 3 aromatic rings. The summed E-state index contributed by atoms with van der Waals surface area (Å²) < 4.78 is 0. The zero-order valence-electron chi connectivity index (χ0n) is 16.1. The van der Waals surface area contributed by atoms with Gasteiger partial charge in [-0.25, -0.2) is 9.97 Å². The molecule has 0 aliphatic heterocycles. The van der Waals surface area contributed by atoms with Gasteiger partial charge in [0.05, 0.1) is 11.1 Å². The van der Waals surface area contributed by atoms with Gasteiger partial charge in [-0.15, -0.1) is 0 Å². The Hall–Kier alpha value is -2.66. The quantitative estimate of drug-likeness (QED) is 0.580. The van der Waals surface area contributed by atoms with Gasteiger partial charge in [0.2, 0.25) is 0 Å². The predicted molar refractivity (Wildman–Crippen MR) is 114 cm³/mol. The molecule has 1 aliphatic rings. The maximum absolute atomic E-state index is 10.2. The number of anilines is 1. The van der Waals surface area contributed by atoms with Gasteiger partial charge >= 0.3 is 0 Å². The minimum Gasteiger partial charge on any atom is -0.507 e. The van der Waals surface area contributed by atoms with E-state index in [0.29, 0.717) is 17.9 Å². The lowest BCUT2D eigenvalue weighted by Crippen LogP contribution is -2.32. The van der Waals surface area contributed by atoms with Crippen LogP contribution in [-0.4, -0.2) is 27.7 Å². The van der Waals surface area contributed by atoms with Gasteiger partial charge in [-0.1, -0.05) is 56.4 Å². The van der Waals surface area contributed by atoms with Crippen LogP contribution in [-0.2, 0) is 0 Å². The summed E-state index contributed by atoms with van der Waals surface area (Å²) in [6, 6.07) is 15.2. The smallest absolute Gasteiger partial charge is 0.165 e. The second-order valence-electron chi connectivity index (χ2n) is 7.81. The van der Waals surface area contributed by atoms with Crippen molar-refractivity contribution in [1.82, 2.24) is 9.97 Å². The molecule has 0 amide bonds. The lowest BCUT2D eigenvalue weighted by atomic mass is 9.85. The number of para-hydroxylation sites is 2. The van der Waals surface area contributed by atoms with E-state index in [9.17, 15) is 5.11 Å². The third kappa shape index (κ3) is 4.25. The number of aromatic nitrogens is 2. The monoisotopic (exact) mass is 376 g/mol. The van der Waals surface area contributed by atoms with E-state index < -0.39 is 0 Å². The number of nitrogens with one attached hydrogen (secondary N) is 1. The molecule has 0 radical (unpaired) electrons. The van der Waals surface area contributed by atoms with Gasteiger partial charge in [-0.3, -0.25) is 0 Å². The standard InChI is InChI=1S/C23H28N4O/c24-17(14-16-8-2-1-3-9-16)15-25-22-18-10-4-6-12-20(18)26-23(27-22)19-11-5-7-13-21(19)28/h4-7,10-13,16-17,28H,1-3,8-9,14-15,24H2,(H,25,26,27). The van der Waals surface area contributed by atoms with E-state index >= 15 is 0 Å². The maximum atomic E-state index is 10.2. The molecule has 1 aliphatic carbocycles. The van der Waals surface area contributed by atoms with E-state index in [-0.39, 0.29) is 11.8 Å². The van der Waals surface area contributed by atoms with Crippen LogP contribution in [0.15, 0.2) is 48.5 Å². The zero-order valence-corrected chi connectivity index (χ0v) is 16.1. The minimum atomic E-state index is 0.102. The molecule has 0 spiro atoms. The second kappa shape index (κ2) is 8.57. The molecule has 0 saturated heterocycles. The fraction of sp³-hybridized carbons (Fsp3) is 0.391. The van der Waals surface area contributed by atoms with E-state index in [4.69, 9.17) is 10.7 Å². The highest BCUT2D eigenvalue weighted by atomic mass is 16.3. The Bertz CT molecular complexity index is 937. The van der Waals surface area contributed by atoms with Crippen LogP contribution in [0.3, 0.4) is 0 Å². The predicted octanol–water partition coefficient (Wildman–Crippen LogP) is 4.71. The van der Waals surface area contributed by atoms with Crippen LogP contribution >= 0.6 is 0 Å². The van der Waals surface area contributed by atoms with Gasteiger partial charge in [0, 0.05) is 18.0 Å². The second-order valence-corrected chi connectivity index (χ2v) is 7.81. The molecule has 1 aromatic heterocycles. The maximum Gasteiger partial charge on any atom is 0.165 e. The molecule has 1 unspecified atom stereocenters.